The fraction of sp³-hybridized carbons (Fsp3) is 0.812. The highest BCUT2D eigenvalue weighted by molar-refractivity contribution is 7.15. The molecule has 1 heterocycles. The molecule has 120 valence electrons. The van der Waals surface area contributed by atoms with E-state index in [1.54, 1.807) is 7.11 Å². The predicted octanol–water partition coefficient (Wildman–Crippen LogP) is 3.07. The molecule has 2 rings (SSSR count). The van der Waals surface area contributed by atoms with Gasteiger partial charge in [0.15, 0.2) is 5.13 Å². The molecule has 0 bridgehead atoms. The van der Waals surface area contributed by atoms with Crippen molar-refractivity contribution in [3.63, 3.8) is 0 Å². The molecule has 1 unspecified atom stereocenters. The van der Waals surface area contributed by atoms with Crippen LogP contribution >= 0.6 is 11.3 Å². The van der Waals surface area contributed by atoms with Crippen molar-refractivity contribution >= 4 is 16.5 Å². The molecule has 0 saturated heterocycles. The molecule has 1 aromatic rings. The number of methoxy groups -OCH3 is 1. The van der Waals surface area contributed by atoms with Gasteiger partial charge in [0.1, 0.15) is 0 Å². The summed E-state index contributed by atoms with van der Waals surface area (Å²) in [6.45, 7) is 7.10. The van der Waals surface area contributed by atoms with Gasteiger partial charge in [-0.05, 0) is 32.1 Å². The Bertz CT molecular complexity index is 431. The molecular formula is C16H29N3OS. The van der Waals surface area contributed by atoms with Crippen LogP contribution in [0.5, 0.6) is 0 Å². The molecule has 0 aromatic carbocycles. The number of anilines is 1. The highest BCUT2D eigenvalue weighted by atomic mass is 32.1. The molecule has 1 atom stereocenters. The monoisotopic (exact) mass is 311 g/mol. The van der Waals surface area contributed by atoms with Gasteiger partial charge in [0.2, 0.25) is 0 Å². The lowest BCUT2D eigenvalue weighted by atomic mass is 10.2. The number of rotatable bonds is 10. The minimum atomic E-state index is 0.611. The first-order valence-corrected chi connectivity index (χ1v) is 8.90. The molecule has 1 aliphatic carbocycles. The lowest BCUT2D eigenvalue weighted by Crippen LogP contribution is -2.30. The Morgan fingerprint density at radius 3 is 2.86 bits per heavy atom. The van der Waals surface area contributed by atoms with Crippen molar-refractivity contribution in [3.05, 3.63) is 10.6 Å². The summed E-state index contributed by atoms with van der Waals surface area (Å²) in [7, 11) is 3.93. The maximum absolute atomic E-state index is 5.08. The maximum atomic E-state index is 5.08. The van der Waals surface area contributed by atoms with Crippen LogP contribution in [0.25, 0.3) is 0 Å². The fourth-order valence-corrected chi connectivity index (χ4v) is 3.66. The van der Waals surface area contributed by atoms with Gasteiger partial charge < -0.3 is 15.0 Å². The summed E-state index contributed by atoms with van der Waals surface area (Å²) in [5.74, 6) is 0.872. The zero-order valence-corrected chi connectivity index (χ0v) is 14.6. The van der Waals surface area contributed by atoms with E-state index in [2.05, 4.69) is 31.1 Å². The average Bonchev–Trinajstić information content (AvgIpc) is 3.25. The Morgan fingerprint density at radius 1 is 1.48 bits per heavy atom. The van der Waals surface area contributed by atoms with Gasteiger partial charge in [0.25, 0.3) is 0 Å². The molecule has 1 N–H and O–H groups in total. The third-order valence-corrected chi connectivity index (χ3v) is 5.43. The van der Waals surface area contributed by atoms with Crippen LogP contribution in [0.1, 0.15) is 43.7 Å². The molecule has 0 radical (unpaired) electrons. The number of aryl methyl sites for hydroxylation is 1. The summed E-state index contributed by atoms with van der Waals surface area (Å²) >= 11 is 1.85. The molecule has 1 saturated carbocycles. The van der Waals surface area contributed by atoms with Crippen molar-refractivity contribution in [2.45, 2.75) is 52.1 Å². The summed E-state index contributed by atoms with van der Waals surface area (Å²) < 4.78 is 5.08. The van der Waals surface area contributed by atoms with Crippen LogP contribution in [0.4, 0.5) is 5.13 Å². The Hall–Kier alpha value is -0.650. The summed E-state index contributed by atoms with van der Waals surface area (Å²) in [5, 5.41) is 4.63. The van der Waals surface area contributed by atoms with Gasteiger partial charge >= 0.3 is 0 Å². The van der Waals surface area contributed by atoms with Crippen molar-refractivity contribution in [2.75, 3.05) is 32.2 Å². The minimum absolute atomic E-state index is 0.611. The SMILES string of the molecule is CCCc1nc(N(C)C(C)C2CC2)sc1CNCCOC. The highest BCUT2D eigenvalue weighted by Crippen LogP contribution is 2.37. The second kappa shape index (κ2) is 8.11. The topological polar surface area (TPSA) is 37.4 Å². The Labute approximate surface area is 132 Å². The highest BCUT2D eigenvalue weighted by Gasteiger charge is 2.31. The Morgan fingerprint density at radius 2 is 2.24 bits per heavy atom. The van der Waals surface area contributed by atoms with E-state index < -0.39 is 0 Å². The number of nitrogens with one attached hydrogen (secondary N) is 1. The fourth-order valence-electron chi connectivity index (χ4n) is 2.54. The van der Waals surface area contributed by atoms with E-state index in [-0.39, 0.29) is 0 Å². The quantitative estimate of drug-likeness (QED) is 0.674. The predicted molar refractivity (Wildman–Crippen MR) is 90.3 cm³/mol. The summed E-state index contributed by atoms with van der Waals surface area (Å²) in [5.41, 5.74) is 1.28. The zero-order chi connectivity index (χ0) is 15.2. The van der Waals surface area contributed by atoms with Gasteiger partial charge in [-0.25, -0.2) is 4.98 Å². The number of hydrogen-bond donors (Lipinski definition) is 1. The van der Waals surface area contributed by atoms with Gasteiger partial charge in [-0.1, -0.05) is 13.3 Å². The Kier molecular flexibility index (Phi) is 6.45. The van der Waals surface area contributed by atoms with Crippen molar-refractivity contribution in [1.29, 1.82) is 0 Å². The number of ether oxygens (including phenoxy) is 1. The largest absolute Gasteiger partial charge is 0.383 e. The van der Waals surface area contributed by atoms with Crippen LogP contribution in [0, 0.1) is 5.92 Å². The van der Waals surface area contributed by atoms with Gasteiger partial charge in [-0.2, -0.15) is 0 Å². The molecule has 1 fully saturated rings. The van der Waals surface area contributed by atoms with Gasteiger partial charge in [0.05, 0.1) is 12.3 Å². The first kappa shape index (κ1) is 16.7. The van der Waals surface area contributed by atoms with Crippen LogP contribution in [0.15, 0.2) is 0 Å². The maximum Gasteiger partial charge on any atom is 0.185 e. The van der Waals surface area contributed by atoms with E-state index in [1.165, 1.54) is 28.5 Å². The molecule has 1 aromatic heterocycles. The molecule has 21 heavy (non-hydrogen) atoms. The number of aromatic nitrogens is 1. The minimum Gasteiger partial charge on any atom is -0.383 e. The van der Waals surface area contributed by atoms with Crippen molar-refractivity contribution in [2.24, 2.45) is 5.92 Å². The first-order valence-electron chi connectivity index (χ1n) is 8.08. The molecular weight excluding hydrogens is 282 g/mol. The molecule has 0 spiro atoms. The van der Waals surface area contributed by atoms with Gasteiger partial charge in [-0.3, -0.25) is 0 Å². The summed E-state index contributed by atoms with van der Waals surface area (Å²) in [6.07, 6.45) is 4.98. The molecule has 0 aliphatic heterocycles. The lowest BCUT2D eigenvalue weighted by molar-refractivity contribution is 0.199. The van der Waals surface area contributed by atoms with Crippen molar-refractivity contribution in [3.8, 4) is 0 Å². The number of nitrogens with zero attached hydrogens (tertiary/aromatic N) is 2. The zero-order valence-electron chi connectivity index (χ0n) is 13.8. The number of thiazole rings is 1. The molecule has 4 nitrogen and oxygen atoms in total. The Balaban J connectivity index is 2.00. The van der Waals surface area contributed by atoms with Crippen LogP contribution < -0.4 is 10.2 Å². The second-order valence-corrected chi connectivity index (χ2v) is 7.04. The standard InChI is InChI=1S/C16H29N3OS/c1-5-6-14-15(11-17-9-10-20-4)21-16(18-14)19(3)12(2)13-7-8-13/h12-13,17H,5-11H2,1-4H3. The van der Waals surface area contributed by atoms with Crippen molar-refractivity contribution < 1.29 is 4.74 Å². The van der Waals surface area contributed by atoms with E-state index in [4.69, 9.17) is 9.72 Å². The molecule has 0 amide bonds. The van der Waals surface area contributed by atoms with Gasteiger partial charge in [0, 0.05) is 38.2 Å². The third kappa shape index (κ3) is 4.66. The smallest absolute Gasteiger partial charge is 0.185 e. The van der Waals surface area contributed by atoms with E-state index in [0.29, 0.717) is 6.04 Å². The normalized spacial score (nSPS) is 16.2. The lowest BCUT2D eigenvalue weighted by Gasteiger charge is -2.23. The number of hydrogen-bond acceptors (Lipinski definition) is 5. The van der Waals surface area contributed by atoms with E-state index in [0.717, 1.165) is 38.5 Å². The summed E-state index contributed by atoms with van der Waals surface area (Å²) in [4.78, 5) is 8.67. The first-order chi connectivity index (χ1) is 10.2. The molecule has 5 heteroatoms. The van der Waals surface area contributed by atoms with Crippen LogP contribution in [-0.4, -0.2) is 38.3 Å². The van der Waals surface area contributed by atoms with Crippen molar-refractivity contribution in [1.82, 2.24) is 10.3 Å². The van der Waals surface area contributed by atoms with Crippen LogP contribution in [0.3, 0.4) is 0 Å². The third-order valence-electron chi connectivity index (χ3n) is 4.24. The molecule has 1 aliphatic rings. The van der Waals surface area contributed by atoms with Crippen LogP contribution in [0.2, 0.25) is 0 Å². The second-order valence-electron chi connectivity index (χ2n) is 5.97. The van der Waals surface area contributed by atoms with Gasteiger partial charge in [-0.15, -0.1) is 11.3 Å². The van der Waals surface area contributed by atoms with E-state index in [9.17, 15) is 0 Å². The average molecular weight is 311 g/mol. The van der Waals surface area contributed by atoms with Crippen LogP contribution in [-0.2, 0) is 17.7 Å². The summed E-state index contributed by atoms with van der Waals surface area (Å²) in [6, 6.07) is 0.611. The van der Waals surface area contributed by atoms with E-state index in [1.807, 2.05) is 11.3 Å². The van der Waals surface area contributed by atoms with E-state index >= 15 is 0 Å².